The van der Waals surface area contributed by atoms with Gasteiger partial charge in [0.1, 0.15) is 5.75 Å². The summed E-state index contributed by atoms with van der Waals surface area (Å²) >= 11 is 4.90. The topological polar surface area (TPSA) is 106 Å². The number of rotatable bonds is 8. The average Bonchev–Trinajstić information content (AvgIpc) is 2.64. The third-order valence-corrected chi connectivity index (χ3v) is 3.71. The van der Waals surface area contributed by atoms with Crippen LogP contribution < -0.4 is 20.9 Å². The number of amides is 2. The summed E-state index contributed by atoms with van der Waals surface area (Å²) in [6.07, 6.45) is 0.622. The fraction of sp³-hybridized carbons (Fsp3) is 0.444. The zero-order valence-electron chi connectivity index (χ0n) is 15.7. The van der Waals surface area contributed by atoms with E-state index in [1.54, 1.807) is 6.07 Å². The average molecular weight is 395 g/mol. The first kappa shape index (κ1) is 22.4. The van der Waals surface area contributed by atoms with Crippen molar-refractivity contribution < 1.29 is 23.9 Å². The molecule has 0 aliphatic rings. The van der Waals surface area contributed by atoms with E-state index < -0.39 is 17.8 Å². The van der Waals surface area contributed by atoms with Crippen molar-refractivity contribution in [3.63, 3.8) is 0 Å². The van der Waals surface area contributed by atoms with E-state index in [0.717, 1.165) is 17.5 Å². The first-order valence-corrected chi connectivity index (χ1v) is 8.97. The van der Waals surface area contributed by atoms with Gasteiger partial charge in [0.2, 0.25) is 5.91 Å². The van der Waals surface area contributed by atoms with Crippen molar-refractivity contribution in [3.05, 3.63) is 29.3 Å². The Kier molecular flexibility index (Phi) is 9.81. The number of benzene rings is 1. The van der Waals surface area contributed by atoms with Crippen LogP contribution in [0.25, 0.3) is 0 Å². The van der Waals surface area contributed by atoms with Crippen molar-refractivity contribution in [2.75, 3.05) is 13.2 Å². The van der Waals surface area contributed by atoms with Gasteiger partial charge in [-0.3, -0.25) is 25.2 Å². The predicted molar refractivity (Wildman–Crippen MR) is 104 cm³/mol. The summed E-state index contributed by atoms with van der Waals surface area (Å²) in [5, 5.41) is 2.27. The molecule has 1 aromatic carbocycles. The molecular formula is C18H25N3O5S. The molecule has 0 aliphatic carbocycles. The minimum atomic E-state index is -0.462. The number of hydrazine groups is 1. The Hall–Kier alpha value is -2.68. The molecule has 0 heterocycles. The van der Waals surface area contributed by atoms with Gasteiger partial charge in [0.25, 0.3) is 5.91 Å². The maximum Gasteiger partial charge on any atom is 0.306 e. The largest absolute Gasteiger partial charge is 0.483 e. The van der Waals surface area contributed by atoms with E-state index in [2.05, 4.69) is 16.2 Å². The fourth-order valence-electron chi connectivity index (χ4n) is 1.91. The van der Waals surface area contributed by atoms with Gasteiger partial charge < -0.3 is 14.8 Å². The van der Waals surface area contributed by atoms with Crippen LogP contribution in [0.3, 0.4) is 0 Å². The molecule has 0 fully saturated rings. The van der Waals surface area contributed by atoms with Gasteiger partial charge in [-0.15, -0.1) is 0 Å². The molecule has 0 atom stereocenters. The molecule has 0 radical (unpaired) electrons. The van der Waals surface area contributed by atoms with Gasteiger partial charge in [0, 0.05) is 6.42 Å². The molecule has 0 spiro atoms. The summed E-state index contributed by atoms with van der Waals surface area (Å²) in [6, 6.07) is 5.57. The molecule has 8 nitrogen and oxygen atoms in total. The molecule has 1 aromatic rings. The van der Waals surface area contributed by atoms with E-state index in [1.807, 2.05) is 32.9 Å². The van der Waals surface area contributed by atoms with Crippen LogP contribution in [-0.4, -0.2) is 36.1 Å². The van der Waals surface area contributed by atoms with E-state index >= 15 is 0 Å². The lowest BCUT2D eigenvalue weighted by atomic mass is 10.1. The predicted octanol–water partition coefficient (Wildman–Crippen LogP) is 1.44. The smallest absolute Gasteiger partial charge is 0.306 e. The summed E-state index contributed by atoms with van der Waals surface area (Å²) in [4.78, 5) is 34.8. The van der Waals surface area contributed by atoms with Crippen LogP contribution >= 0.6 is 12.2 Å². The summed E-state index contributed by atoms with van der Waals surface area (Å²) in [5.41, 5.74) is 6.75. The third-order valence-electron chi connectivity index (χ3n) is 3.51. The zero-order chi connectivity index (χ0) is 20.2. The molecule has 1 rings (SSSR count). The number of thiocarbonyl (C=S) groups is 1. The Balaban J connectivity index is 2.25. The van der Waals surface area contributed by atoms with Gasteiger partial charge in [-0.05, 0) is 49.7 Å². The van der Waals surface area contributed by atoms with E-state index in [9.17, 15) is 14.4 Å². The zero-order valence-corrected chi connectivity index (χ0v) is 16.5. The minimum absolute atomic E-state index is 0.0372. The lowest BCUT2D eigenvalue weighted by Crippen LogP contribution is -2.49. The number of carbonyl (C=O) groups is 3. The van der Waals surface area contributed by atoms with Crippen molar-refractivity contribution in [3.8, 4) is 5.75 Å². The highest BCUT2D eigenvalue weighted by Gasteiger charge is 2.10. The molecule has 0 saturated heterocycles. The number of hydrogen-bond acceptors (Lipinski definition) is 6. The second-order valence-corrected chi connectivity index (χ2v) is 6.17. The van der Waals surface area contributed by atoms with Crippen LogP contribution in [0.15, 0.2) is 18.2 Å². The summed E-state index contributed by atoms with van der Waals surface area (Å²) < 4.78 is 10.3. The van der Waals surface area contributed by atoms with Crippen molar-refractivity contribution in [1.29, 1.82) is 0 Å². The van der Waals surface area contributed by atoms with Crippen molar-refractivity contribution in [2.24, 2.45) is 0 Å². The molecule has 0 saturated carbocycles. The number of nitrogens with one attached hydrogen (secondary N) is 3. The second-order valence-electron chi connectivity index (χ2n) is 5.76. The quantitative estimate of drug-likeness (QED) is 0.347. The molecule has 148 valence electrons. The number of aryl methyl sites for hydroxylation is 1. The number of hydrogen-bond donors (Lipinski definition) is 3. The van der Waals surface area contributed by atoms with E-state index in [0.29, 0.717) is 12.4 Å². The maximum atomic E-state index is 11.8. The normalized spacial score (nSPS) is 9.89. The molecule has 0 bridgehead atoms. The van der Waals surface area contributed by atoms with Crippen LogP contribution in [-0.2, 0) is 19.1 Å². The lowest BCUT2D eigenvalue weighted by Gasteiger charge is -2.13. The standard InChI is InChI=1S/C18H25N3O5S/c1-4-10-25-17(24)9-8-15(22)19-18(27)21-20-16(23)11-26-14-7-5-6-12(2)13(14)3/h5-7H,4,8-11H2,1-3H3,(H,20,23)(H2,19,21,22,27). The molecule has 3 N–H and O–H groups in total. The van der Waals surface area contributed by atoms with Crippen molar-refractivity contribution >= 4 is 35.1 Å². The highest BCUT2D eigenvalue weighted by atomic mass is 32.1. The molecule has 0 aromatic heterocycles. The van der Waals surface area contributed by atoms with E-state index in [1.165, 1.54) is 0 Å². The van der Waals surface area contributed by atoms with Crippen LogP contribution in [0.1, 0.15) is 37.3 Å². The van der Waals surface area contributed by atoms with Crippen LogP contribution in [0.2, 0.25) is 0 Å². The van der Waals surface area contributed by atoms with Gasteiger partial charge in [-0.2, -0.15) is 0 Å². The summed E-state index contributed by atoms with van der Waals surface area (Å²) in [7, 11) is 0. The molecule has 0 unspecified atom stereocenters. The Morgan fingerprint density at radius 1 is 1.07 bits per heavy atom. The van der Waals surface area contributed by atoms with Gasteiger partial charge in [-0.1, -0.05) is 19.1 Å². The first-order chi connectivity index (χ1) is 12.8. The molecular weight excluding hydrogens is 370 g/mol. The molecule has 2 amide bonds. The Morgan fingerprint density at radius 2 is 1.81 bits per heavy atom. The third kappa shape index (κ3) is 9.00. The maximum absolute atomic E-state index is 11.8. The number of ether oxygens (including phenoxy) is 2. The highest BCUT2D eigenvalue weighted by molar-refractivity contribution is 7.80. The Bertz CT molecular complexity index is 694. The second kappa shape index (κ2) is 11.8. The number of esters is 1. The van der Waals surface area contributed by atoms with Gasteiger partial charge in [0.15, 0.2) is 11.7 Å². The summed E-state index contributed by atoms with van der Waals surface area (Å²) in [6.45, 7) is 5.86. The Morgan fingerprint density at radius 3 is 2.52 bits per heavy atom. The van der Waals surface area contributed by atoms with E-state index in [4.69, 9.17) is 21.7 Å². The van der Waals surface area contributed by atoms with Crippen LogP contribution in [0, 0.1) is 13.8 Å². The van der Waals surface area contributed by atoms with Gasteiger partial charge >= 0.3 is 5.97 Å². The van der Waals surface area contributed by atoms with Crippen LogP contribution in [0.5, 0.6) is 5.75 Å². The fourth-order valence-corrected chi connectivity index (χ4v) is 2.08. The Labute approximate surface area is 164 Å². The molecule has 9 heteroatoms. The van der Waals surface area contributed by atoms with Crippen molar-refractivity contribution in [1.82, 2.24) is 16.2 Å². The van der Waals surface area contributed by atoms with Gasteiger partial charge in [-0.25, -0.2) is 0 Å². The lowest BCUT2D eigenvalue weighted by molar-refractivity contribution is -0.144. The van der Waals surface area contributed by atoms with Crippen LogP contribution in [0.4, 0.5) is 0 Å². The molecule has 27 heavy (non-hydrogen) atoms. The minimum Gasteiger partial charge on any atom is -0.483 e. The van der Waals surface area contributed by atoms with Gasteiger partial charge in [0.05, 0.1) is 13.0 Å². The number of carbonyl (C=O) groups excluding carboxylic acids is 3. The SMILES string of the molecule is CCCOC(=O)CCC(=O)NC(=S)NNC(=O)COc1cccc(C)c1C. The summed E-state index contributed by atoms with van der Waals surface area (Å²) in [5.74, 6) is -0.740. The first-order valence-electron chi connectivity index (χ1n) is 8.56. The monoisotopic (exact) mass is 395 g/mol. The van der Waals surface area contributed by atoms with E-state index in [-0.39, 0.29) is 24.6 Å². The van der Waals surface area contributed by atoms with Crippen molar-refractivity contribution in [2.45, 2.75) is 40.0 Å². The molecule has 0 aliphatic heterocycles. The highest BCUT2D eigenvalue weighted by Crippen LogP contribution is 2.20.